The minimum absolute atomic E-state index is 0.108. The van der Waals surface area contributed by atoms with Gasteiger partial charge in [0.25, 0.3) is 0 Å². The zero-order valence-corrected chi connectivity index (χ0v) is 9.05. The smallest absolute Gasteiger partial charge is 0.122 e. The van der Waals surface area contributed by atoms with Gasteiger partial charge in [-0.3, -0.25) is 4.90 Å². The van der Waals surface area contributed by atoms with E-state index in [0.29, 0.717) is 12.1 Å². The molecule has 0 saturated carbocycles. The van der Waals surface area contributed by atoms with Gasteiger partial charge in [-0.1, -0.05) is 0 Å². The molecule has 3 unspecified atom stereocenters. The summed E-state index contributed by atoms with van der Waals surface area (Å²) >= 11 is 0. The Morgan fingerprint density at radius 2 is 2.00 bits per heavy atom. The van der Waals surface area contributed by atoms with Gasteiger partial charge in [0.2, 0.25) is 0 Å². The zero-order chi connectivity index (χ0) is 9.47. The number of rotatable bonds is 0. The van der Waals surface area contributed by atoms with Crippen molar-refractivity contribution in [3.63, 3.8) is 0 Å². The Labute approximate surface area is 81.3 Å². The lowest BCUT2D eigenvalue weighted by atomic mass is 9.92. The standard InChI is InChI=1S/C11H21NO/c1-9-5-4-7-11(12(9)3)8-6-10(2)13-11/h9-10H,4-8H2,1-3H3. The molecule has 2 nitrogen and oxygen atoms in total. The average Bonchev–Trinajstić information content (AvgIpc) is 2.45. The molecule has 0 radical (unpaired) electrons. The second-order valence-electron chi connectivity index (χ2n) is 4.77. The molecule has 0 bridgehead atoms. The van der Waals surface area contributed by atoms with Crippen LogP contribution in [0.4, 0.5) is 0 Å². The molecule has 0 aromatic rings. The fourth-order valence-electron chi connectivity index (χ4n) is 2.81. The van der Waals surface area contributed by atoms with Crippen molar-refractivity contribution in [2.45, 2.75) is 63.8 Å². The van der Waals surface area contributed by atoms with Crippen molar-refractivity contribution in [1.29, 1.82) is 0 Å². The lowest BCUT2D eigenvalue weighted by Gasteiger charge is -2.46. The van der Waals surface area contributed by atoms with Crippen LogP contribution < -0.4 is 0 Å². The molecule has 0 aliphatic carbocycles. The molecule has 3 atom stereocenters. The van der Waals surface area contributed by atoms with Crippen LogP contribution in [0.15, 0.2) is 0 Å². The van der Waals surface area contributed by atoms with Crippen molar-refractivity contribution >= 4 is 0 Å². The van der Waals surface area contributed by atoms with Gasteiger partial charge in [-0.05, 0) is 53.0 Å². The quantitative estimate of drug-likeness (QED) is 0.571. The highest BCUT2D eigenvalue weighted by atomic mass is 16.5. The molecule has 0 N–H and O–H groups in total. The lowest BCUT2D eigenvalue weighted by molar-refractivity contribution is -0.167. The Bertz CT molecular complexity index is 191. The number of hydrogen-bond donors (Lipinski definition) is 0. The molecule has 2 aliphatic heterocycles. The maximum Gasteiger partial charge on any atom is 0.122 e. The van der Waals surface area contributed by atoms with E-state index in [2.05, 4.69) is 25.8 Å². The van der Waals surface area contributed by atoms with Gasteiger partial charge < -0.3 is 4.74 Å². The fraction of sp³-hybridized carbons (Fsp3) is 1.00. The van der Waals surface area contributed by atoms with Crippen LogP contribution in [-0.2, 0) is 4.74 Å². The van der Waals surface area contributed by atoms with Gasteiger partial charge in [0.05, 0.1) is 6.10 Å². The number of piperidine rings is 1. The first kappa shape index (κ1) is 9.47. The van der Waals surface area contributed by atoms with Crippen molar-refractivity contribution in [1.82, 2.24) is 4.90 Å². The average molecular weight is 183 g/mol. The van der Waals surface area contributed by atoms with E-state index in [4.69, 9.17) is 4.74 Å². The van der Waals surface area contributed by atoms with E-state index in [1.807, 2.05) is 0 Å². The van der Waals surface area contributed by atoms with Crippen LogP contribution in [0.25, 0.3) is 0 Å². The van der Waals surface area contributed by atoms with E-state index in [9.17, 15) is 0 Å². The van der Waals surface area contributed by atoms with E-state index >= 15 is 0 Å². The summed E-state index contributed by atoms with van der Waals surface area (Å²) in [6.45, 7) is 4.51. The summed E-state index contributed by atoms with van der Waals surface area (Å²) in [5, 5.41) is 0. The fourth-order valence-corrected chi connectivity index (χ4v) is 2.81. The highest BCUT2D eigenvalue weighted by molar-refractivity contribution is 4.92. The van der Waals surface area contributed by atoms with Crippen molar-refractivity contribution in [2.75, 3.05) is 7.05 Å². The number of nitrogens with zero attached hydrogens (tertiary/aromatic N) is 1. The third-order valence-electron chi connectivity index (χ3n) is 3.86. The van der Waals surface area contributed by atoms with Crippen molar-refractivity contribution in [2.24, 2.45) is 0 Å². The summed E-state index contributed by atoms with van der Waals surface area (Å²) in [5.74, 6) is 0. The van der Waals surface area contributed by atoms with Gasteiger partial charge in [0, 0.05) is 6.04 Å². The first-order chi connectivity index (χ1) is 6.14. The molecular formula is C11H21NO. The van der Waals surface area contributed by atoms with E-state index < -0.39 is 0 Å². The molecule has 2 heteroatoms. The highest BCUT2D eigenvalue weighted by Crippen LogP contribution is 2.41. The SMILES string of the molecule is CC1CCC2(CCCC(C)N2C)O1. The van der Waals surface area contributed by atoms with Gasteiger partial charge in [-0.2, -0.15) is 0 Å². The van der Waals surface area contributed by atoms with Crippen LogP contribution in [-0.4, -0.2) is 29.8 Å². The Morgan fingerprint density at radius 3 is 2.62 bits per heavy atom. The van der Waals surface area contributed by atoms with Crippen molar-refractivity contribution in [3.05, 3.63) is 0 Å². The summed E-state index contributed by atoms with van der Waals surface area (Å²) < 4.78 is 6.10. The zero-order valence-electron chi connectivity index (χ0n) is 9.05. The van der Waals surface area contributed by atoms with Crippen LogP contribution in [0.1, 0.15) is 46.0 Å². The van der Waals surface area contributed by atoms with E-state index in [0.717, 1.165) is 0 Å². The maximum absolute atomic E-state index is 6.10. The Kier molecular flexibility index (Phi) is 2.37. The van der Waals surface area contributed by atoms with E-state index in [1.54, 1.807) is 0 Å². The number of ether oxygens (including phenoxy) is 1. The molecule has 0 aromatic carbocycles. The second-order valence-corrected chi connectivity index (χ2v) is 4.77. The van der Waals surface area contributed by atoms with Gasteiger partial charge >= 0.3 is 0 Å². The molecule has 2 saturated heterocycles. The van der Waals surface area contributed by atoms with Gasteiger partial charge in [-0.25, -0.2) is 0 Å². The summed E-state index contributed by atoms with van der Waals surface area (Å²) in [5.41, 5.74) is 0.108. The number of hydrogen-bond acceptors (Lipinski definition) is 2. The lowest BCUT2D eigenvalue weighted by Crippen LogP contribution is -2.53. The summed E-state index contributed by atoms with van der Waals surface area (Å²) in [4.78, 5) is 2.46. The molecule has 2 aliphatic rings. The van der Waals surface area contributed by atoms with Crippen LogP contribution in [0.2, 0.25) is 0 Å². The van der Waals surface area contributed by atoms with Crippen LogP contribution in [0, 0.1) is 0 Å². The van der Waals surface area contributed by atoms with Crippen molar-refractivity contribution < 1.29 is 4.74 Å². The first-order valence-corrected chi connectivity index (χ1v) is 5.55. The normalized spacial score (nSPS) is 47.3. The third kappa shape index (κ3) is 1.50. The van der Waals surface area contributed by atoms with Crippen LogP contribution >= 0.6 is 0 Å². The topological polar surface area (TPSA) is 12.5 Å². The molecule has 2 heterocycles. The largest absolute Gasteiger partial charge is 0.357 e. The van der Waals surface area contributed by atoms with Crippen LogP contribution in [0.3, 0.4) is 0 Å². The summed E-state index contributed by atoms with van der Waals surface area (Å²) in [6.07, 6.45) is 6.83. The van der Waals surface area contributed by atoms with Gasteiger partial charge in [-0.15, -0.1) is 0 Å². The second kappa shape index (κ2) is 3.25. The molecule has 13 heavy (non-hydrogen) atoms. The van der Waals surface area contributed by atoms with Crippen molar-refractivity contribution in [3.8, 4) is 0 Å². The Morgan fingerprint density at radius 1 is 1.23 bits per heavy atom. The van der Waals surface area contributed by atoms with E-state index in [1.165, 1.54) is 32.1 Å². The predicted octanol–water partition coefficient (Wildman–Crippen LogP) is 2.39. The van der Waals surface area contributed by atoms with Crippen LogP contribution in [0.5, 0.6) is 0 Å². The Hall–Kier alpha value is -0.0800. The molecule has 76 valence electrons. The third-order valence-corrected chi connectivity index (χ3v) is 3.86. The van der Waals surface area contributed by atoms with E-state index in [-0.39, 0.29) is 5.72 Å². The van der Waals surface area contributed by atoms with Gasteiger partial charge in [0.1, 0.15) is 5.72 Å². The summed E-state index contributed by atoms with van der Waals surface area (Å²) in [6, 6.07) is 0.694. The van der Waals surface area contributed by atoms with Gasteiger partial charge in [0.15, 0.2) is 0 Å². The first-order valence-electron chi connectivity index (χ1n) is 5.55. The molecule has 2 rings (SSSR count). The highest BCUT2D eigenvalue weighted by Gasteiger charge is 2.45. The Balaban J connectivity index is 2.12. The summed E-state index contributed by atoms with van der Waals surface area (Å²) in [7, 11) is 2.22. The predicted molar refractivity (Wildman–Crippen MR) is 53.6 cm³/mol. The molecule has 2 fully saturated rings. The monoisotopic (exact) mass is 183 g/mol. The molecule has 1 spiro atoms. The molecule has 0 aromatic heterocycles. The maximum atomic E-state index is 6.10. The molecular weight excluding hydrogens is 162 g/mol. The number of likely N-dealkylation sites (tertiary alicyclic amines) is 1. The minimum Gasteiger partial charge on any atom is -0.357 e. The minimum atomic E-state index is 0.108. The molecule has 0 amide bonds.